The van der Waals surface area contributed by atoms with Crippen molar-refractivity contribution in [3.05, 3.63) is 36.4 Å². The molecule has 102 valence electrons. The number of benzene rings is 1. The lowest BCUT2D eigenvalue weighted by Gasteiger charge is -2.09. The first-order chi connectivity index (χ1) is 8.81. The Hall–Kier alpha value is -1.88. The van der Waals surface area contributed by atoms with E-state index in [1.165, 1.54) is 0 Å². The quantitative estimate of drug-likeness (QED) is 0.522. The van der Waals surface area contributed by atoms with Crippen molar-refractivity contribution in [3.8, 4) is 0 Å². The van der Waals surface area contributed by atoms with Crippen molar-refractivity contribution < 1.29 is 13.8 Å². The number of amides is 1. The Morgan fingerprint density at radius 1 is 1.21 bits per heavy atom. The Bertz CT molecular complexity index is 631. The highest BCUT2D eigenvalue weighted by atomic mass is 32.2. The van der Waals surface area contributed by atoms with E-state index in [9.17, 15) is 13.8 Å². The van der Waals surface area contributed by atoms with Gasteiger partial charge in [-0.25, -0.2) is 0 Å². The number of hydrogen-bond acceptors (Lipinski definition) is 3. The van der Waals surface area contributed by atoms with Crippen molar-refractivity contribution in [1.29, 1.82) is 0 Å². The summed E-state index contributed by atoms with van der Waals surface area (Å²) in [5.41, 5.74) is 1.45. The molecule has 0 fully saturated rings. The van der Waals surface area contributed by atoms with E-state index in [1.54, 1.807) is 45.0 Å². The SMILES string of the molecule is C=C(C)C(=O)Nc1ccc(S(=O)(C=O)=C(C)C)cc1. The summed E-state index contributed by atoms with van der Waals surface area (Å²) in [5, 5.41) is 2.64. The summed E-state index contributed by atoms with van der Waals surface area (Å²) >= 11 is 0. The molecule has 0 aromatic heterocycles. The fraction of sp³-hybridized carbons (Fsp3) is 0.214. The van der Waals surface area contributed by atoms with Crippen molar-refractivity contribution in [2.24, 2.45) is 0 Å². The Balaban J connectivity index is 3.11. The molecular formula is C14H17NO3S. The van der Waals surface area contributed by atoms with E-state index in [4.69, 9.17) is 0 Å². The van der Waals surface area contributed by atoms with E-state index in [1.807, 2.05) is 0 Å². The maximum Gasteiger partial charge on any atom is 0.250 e. The van der Waals surface area contributed by atoms with E-state index in [0.717, 1.165) is 0 Å². The molecule has 4 nitrogen and oxygen atoms in total. The highest BCUT2D eigenvalue weighted by molar-refractivity contribution is 8.13. The molecule has 1 amide bonds. The minimum Gasteiger partial charge on any atom is -0.322 e. The fourth-order valence-electron chi connectivity index (χ4n) is 1.37. The average Bonchev–Trinajstić information content (AvgIpc) is 2.38. The summed E-state index contributed by atoms with van der Waals surface area (Å²) in [6.45, 7) is 8.47. The summed E-state index contributed by atoms with van der Waals surface area (Å²) in [5.74, 6) is -0.276. The Morgan fingerprint density at radius 2 is 1.74 bits per heavy atom. The van der Waals surface area contributed by atoms with Gasteiger partial charge in [-0.05, 0) is 49.9 Å². The number of carbonyl (C=O) groups excluding carboxylic acids is 2. The molecule has 1 rings (SSSR count). The first-order valence-electron chi connectivity index (χ1n) is 5.68. The molecule has 1 aromatic rings. The standard InChI is InChI=1S/C14H17NO3S/c1-10(2)14(17)15-12-5-7-13(8-6-12)19(18,9-16)11(3)4/h5-9H,1H2,2-4H3,(H,15,17). The maximum atomic E-state index is 12.4. The number of carbonyl (C=O) groups is 2. The predicted molar refractivity (Wildman–Crippen MR) is 79.4 cm³/mol. The van der Waals surface area contributed by atoms with E-state index in [-0.39, 0.29) is 5.91 Å². The van der Waals surface area contributed by atoms with Gasteiger partial charge in [0.2, 0.25) is 5.62 Å². The molecule has 0 bridgehead atoms. The molecule has 0 saturated heterocycles. The molecule has 1 atom stereocenters. The lowest BCUT2D eigenvalue weighted by atomic mass is 10.3. The molecule has 0 saturated carbocycles. The molecule has 1 aromatic carbocycles. The van der Waals surface area contributed by atoms with Crippen LogP contribution < -0.4 is 5.32 Å². The van der Waals surface area contributed by atoms with Crippen LogP contribution in [0.2, 0.25) is 0 Å². The molecule has 0 spiro atoms. The third-order valence-corrected chi connectivity index (χ3v) is 5.05. The van der Waals surface area contributed by atoms with Gasteiger partial charge in [0.1, 0.15) is 0 Å². The molecule has 0 aliphatic carbocycles. The van der Waals surface area contributed by atoms with Crippen LogP contribution in [0.15, 0.2) is 41.3 Å². The Kier molecular flexibility index (Phi) is 4.67. The second-order valence-corrected chi connectivity index (χ2v) is 7.05. The maximum absolute atomic E-state index is 12.4. The van der Waals surface area contributed by atoms with Gasteiger partial charge in [0, 0.05) is 16.2 Å². The van der Waals surface area contributed by atoms with Crippen LogP contribution in [-0.4, -0.2) is 20.6 Å². The normalized spacial score (nSPS) is 13.2. The van der Waals surface area contributed by atoms with Crippen molar-refractivity contribution in [3.63, 3.8) is 0 Å². The van der Waals surface area contributed by atoms with Gasteiger partial charge in [0.05, 0.1) is 9.52 Å². The van der Waals surface area contributed by atoms with Gasteiger partial charge in [-0.15, -0.1) is 0 Å². The summed E-state index contributed by atoms with van der Waals surface area (Å²) < 4.78 is 12.4. The fourth-order valence-corrected chi connectivity index (χ4v) is 2.68. The Labute approximate surface area is 113 Å². The molecule has 19 heavy (non-hydrogen) atoms. The zero-order chi connectivity index (χ0) is 14.6. The van der Waals surface area contributed by atoms with Gasteiger partial charge in [-0.3, -0.25) is 13.8 Å². The molecule has 0 aliphatic rings. The molecular weight excluding hydrogens is 262 g/mol. The van der Waals surface area contributed by atoms with Gasteiger partial charge in [0.25, 0.3) is 5.91 Å². The zero-order valence-corrected chi connectivity index (χ0v) is 12.0. The number of rotatable bonds is 4. The van der Waals surface area contributed by atoms with Gasteiger partial charge in [-0.1, -0.05) is 6.58 Å². The summed E-state index contributed by atoms with van der Waals surface area (Å²) in [7, 11) is -2.78. The molecule has 0 aliphatic heterocycles. The van der Waals surface area contributed by atoms with Crippen LogP contribution >= 0.6 is 0 Å². The van der Waals surface area contributed by atoms with Crippen LogP contribution in [-0.2, 0) is 19.1 Å². The summed E-state index contributed by atoms with van der Waals surface area (Å²) in [4.78, 5) is 23.5. The zero-order valence-electron chi connectivity index (χ0n) is 11.2. The minimum atomic E-state index is -2.78. The van der Waals surface area contributed by atoms with E-state index < -0.39 is 9.52 Å². The first kappa shape index (κ1) is 15.2. The van der Waals surface area contributed by atoms with Crippen LogP contribution in [0.4, 0.5) is 5.69 Å². The minimum absolute atomic E-state index is 0.276. The van der Waals surface area contributed by atoms with Crippen molar-refractivity contribution >= 4 is 31.6 Å². The first-order valence-corrected chi connectivity index (χ1v) is 7.30. The van der Waals surface area contributed by atoms with E-state index in [2.05, 4.69) is 11.9 Å². The topological polar surface area (TPSA) is 63.2 Å². The molecule has 1 N–H and O–H groups in total. The molecule has 0 heterocycles. The summed E-state index contributed by atoms with van der Waals surface area (Å²) in [6.07, 6.45) is 0. The number of nitrogens with one attached hydrogen (secondary N) is 1. The third-order valence-electron chi connectivity index (χ3n) is 2.59. The van der Waals surface area contributed by atoms with E-state index >= 15 is 0 Å². The second-order valence-electron chi connectivity index (χ2n) is 4.36. The van der Waals surface area contributed by atoms with E-state index in [0.29, 0.717) is 26.6 Å². The lowest BCUT2D eigenvalue weighted by molar-refractivity contribution is -0.112. The van der Waals surface area contributed by atoms with Gasteiger partial charge in [0.15, 0.2) is 0 Å². The van der Waals surface area contributed by atoms with Crippen LogP contribution in [0.3, 0.4) is 0 Å². The average molecular weight is 279 g/mol. The highest BCUT2D eigenvalue weighted by Crippen LogP contribution is 2.16. The Morgan fingerprint density at radius 3 is 2.11 bits per heavy atom. The monoisotopic (exact) mass is 279 g/mol. The van der Waals surface area contributed by atoms with Crippen LogP contribution in [0, 0.1) is 0 Å². The highest BCUT2D eigenvalue weighted by Gasteiger charge is 2.12. The smallest absolute Gasteiger partial charge is 0.250 e. The summed E-state index contributed by atoms with van der Waals surface area (Å²) in [6, 6.07) is 6.39. The number of anilines is 1. The van der Waals surface area contributed by atoms with Gasteiger partial charge < -0.3 is 5.32 Å². The molecule has 1 unspecified atom stereocenters. The molecule has 5 heteroatoms. The number of hydrogen-bond donors (Lipinski definition) is 1. The van der Waals surface area contributed by atoms with Crippen molar-refractivity contribution in [2.45, 2.75) is 25.7 Å². The third kappa shape index (κ3) is 3.32. The van der Waals surface area contributed by atoms with Gasteiger partial charge >= 0.3 is 0 Å². The van der Waals surface area contributed by atoms with Gasteiger partial charge in [-0.2, -0.15) is 0 Å². The van der Waals surface area contributed by atoms with Crippen LogP contribution in [0.1, 0.15) is 20.8 Å². The van der Waals surface area contributed by atoms with Crippen molar-refractivity contribution in [1.82, 2.24) is 0 Å². The van der Waals surface area contributed by atoms with Crippen LogP contribution in [0.25, 0.3) is 0 Å². The second kappa shape index (κ2) is 5.84. The molecule has 0 radical (unpaired) electrons. The predicted octanol–water partition coefficient (Wildman–Crippen LogP) is 2.25. The largest absolute Gasteiger partial charge is 0.322 e. The lowest BCUT2D eigenvalue weighted by Crippen LogP contribution is -2.13. The van der Waals surface area contributed by atoms with Crippen molar-refractivity contribution in [2.75, 3.05) is 5.32 Å². The van der Waals surface area contributed by atoms with Crippen LogP contribution in [0.5, 0.6) is 0 Å².